The summed E-state index contributed by atoms with van der Waals surface area (Å²) in [6, 6.07) is 12.2. The number of ether oxygens (including phenoxy) is 1. The van der Waals surface area contributed by atoms with Crippen molar-refractivity contribution < 1.29 is 13.2 Å². The van der Waals surface area contributed by atoms with Crippen molar-refractivity contribution in [2.45, 2.75) is 43.7 Å². The molecule has 1 saturated heterocycles. The number of sulfonamides is 1. The van der Waals surface area contributed by atoms with E-state index in [9.17, 15) is 8.42 Å². The third-order valence-electron chi connectivity index (χ3n) is 4.94. The number of para-hydroxylation sites is 1. The Morgan fingerprint density at radius 3 is 2.68 bits per heavy atom. The average molecular weight is 442 g/mol. The van der Waals surface area contributed by atoms with Crippen molar-refractivity contribution in [3.8, 4) is 5.75 Å². The van der Waals surface area contributed by atoms with Gasteiger partial charge in [0.2, 0.25) is 16.0 Å². The zero-order chi connectivity index (χ0) is 21.8. The van der Waals surface area contributed by atoms with E-state index in [1.54, 1.807) is 44.3 Å². The Morgan fingerprint density at radius 2 is 1.90 bits per heavy atom. The van der Waals surface area contributed by atoms with Crippen molar-refractivity contribution in [1.82, 2.24) is 20.0 Å². The van der Waals surface area contributed by atoms with E-state index in [2.05, 4.69) is 25.3 Å². The zero-order valence-corrected chi connectivity index (χ0v) is 18.4. The lowest BCUT2D eigenvalue weighted by Gasteiger charge is -2.24. The highest BCUT2D eigenvalue weighted by Gasteiger charge is 2.18. The fourth-order valence-corrected chi connectivity index (χ4v) is 4.82. The van der Waals surface area contributed by atoms with Crippen LogP contribution in [0, 0.1) is 0 Å². The fraction of sp³-hybridized carbons (Fsp3) is 0.364. The van der Waals surface area contributed by atoms with Crippen LogP contribution in [0.3, 0.4) is 0 Å². The lowest BCUT2D eigenvalue weighted by atomic mass is 10.1. The monoisotopic (exact) mass is 441 g/mol. The van der Waals surface area contributed by atoms with Gasteiger partial charge in [0, 0.05) is 23.3 Å². The number of aromatic nitrogens is 2. The van der Waals surface area contributed by atoms with Gasteiger partial charge in [-0.1, -0.05) is 18.2 Å². The molecule has 4 rings (SSSR count). The molecule has 1 fully saturated rings. The molecule has 1 aliphatic rings. The Hall–Kier alpha value is -2.75. The second-order valence-corrected chi connectivity index (χ2v) is 9.60. The molecule has 2 aromatic carbocycles. The molecule has 0 spiro atoms. The fourth-order valence-electron chi connectivity index (χ4n) is 3.53. The van der Waals surface area contributed by atoms with Crippen molar-refractivity contribution in [3.63, 3.8) is 0 Å². The molecule has 0 atom stereocenters. The Kier molecular flexibility index (Phi) is 6.35. The van der Waals surface area contributed by atoms with Gasteiger partial charge in [-0.05, 0) is 64.0 Å². The maximum Gasteiger partial charge on any atom is 0.240 e. The molecule has 3 N–H and O–H groups in total. The summed E-state index contributed by atoms with van der Waals surface area (Å²) >= 11 is 0. The summed E-state index contributed by atoms with van der Waals surface area (Å²) < 4.78 is 33.7. The SMILES string of the molecule is CC(C)NS(=O)(=O)c1cccc(Nc2ncc3cccc(OC4CCNCC4)c3n2)c1. The molecule has 9 heteroatoms. The predicted molar refractivity (Wildman–Crippen MR) is 121 cm³/mol. The second-order valence-electron chi connectivity index (χ2n) is 7.88. The number of anilines is 2. The molecule has 0 radical (unpaired) electrons. The zero-order valence-electron chi connectivity index (χ0n) is 17.6. The molecule has 1 aliphatic heterocycles. The molecule has 8 nitrogen and oxygen atoms in total. The molecule has 3 aromatic rings. The Balaban J connectivity index is 1.59. The molecular weight excluding hydrogens is 414 g/mol. The van der Waals surface area contributed by atoms with Crippen LogP contribution in [-0.4, -0.2) is 43.6 Å². The number of nitrogens with zero attached hydrogens (tertiary/aromatic N) is 2. The molecule has 2 heterocycles. The minimum absolute atomic E-state index is 0.161. The maximum absolute atomic E-state index is 12.5. The maximum atomic E-state index is 12.5. The highest BCUT2D eigenvalue weighted by molar-refractivity contribution is 7.89. The van der Waals surface area contributed by atoms with Gasteiger partial charge in [-0.2, -0.15) is 0 Å². The first-order valence-corrected chi connectivity index (χ1v) is 11.9. The molecule has 0 amide bonds. The van der Waals surface area contributed by atoms with E-state index in [4.69, 9.17) is 4.74 Å². The third-order valence-corrected chi connectivity index (χ3v) is 6.60. The molecule has 31 heavy (non-hydrogen) atoms. The van der Waals surface area contributed by atoms with Crippen molar-refractivity contribution in [2.75, 3.05) is 18.4 Å². The van der Waals surface area contributed by atoms with E-state index in [-0.39, 0.29) is 17.0 Å². The average Bonchev–Trinajstić information content (AvgIpc) is 2.74. The molecule has 0 unspecified atom stereocenters. The van der Waals surface area contributed by atoms with Gasteiger partial charge in [0.25, 0.3) is 0 Å². The first-order chi connectivity index (χ1) is 14.9. The summed E-state index contributed by atoms with van der Waals surface area (Å²) in [4.78, 5) is 9.21. The van der Waals surface area contributed by atoms with Crippen LogP contribution in [-0.2, 0) is 10.0 Å². The Labute approximate surface area is 182 Å². The van der Waals surface area contributed by atoms with Crippen molar-refractivity contribution in [2.24, 2.45) is 0 Å². The van der Waals surface area contributed by atoms with Gasteiger partial charge in [0.05, 0.1) is 4.90 Å². The summed E-state index contributed by atoms with van der Waals surface area (Å²) in [6.07, 6.45) is 3.81. The molecular formula is C22H27N5O3S. The topological polar surface area (TPSA) is 105 Å². The van der Waals surface area contributed by atoms with Gasteiger partial charge in [-0.15, -0.1) is 0 Å². The van der Waals surface area contributed by atoms with E-state index < -0.39 is 10.0 Å². The van der Waals surface area contributed by atoms with Crippen LogP contribution < -0.4 is 20.1 Å². The molecule has 0 saturated carbocycles. The number of rotatable bonds is 7. The van der Waals surface area contributed by atoms with Gasteiger partial charge >= 0.3 is 0 Å². The number of fused-ring (bicyclic) bond motifs is 1. The molecule has 164 valence electrons. The van der Waals surface area contributed by atoms with Crippen LogP contribution in [0.1, 0.15) is 26.7 Å². The minimum Gasteiger partial charge on any atom is -0.488 e. The second kappa shape index (κ2) is 9.17. The highest BCUT2D eigenvalue weighted by atomic mass is 32.2. The third kappa shape index (κ3) is 5.30. The largest absolute Gasteiger partial charge is 0.488 e. The number of nitrogens with one attached hydrogen (secondary N) is 3. The summed E-state index contributed by atoms with van der Waals surface area (Å²) in [5, 5.41) is 7.33. The van der Waals surface area contributed by atoms with Crippen LogP contribution in [0.5, 0.6) is 5.75 Å². The smallest absolute Gasteiger partial charge is 0.240 e. The van der Waals surface area contributed by atoms with E-state index in [1.165, 1.54) is 0 Å². The van der Waals surface area contributed by atoms with Gasteiger partial charge < -0.3 is 15.4 Å². The molecule has 1 aromatic heterocycles. The normalized spacial score (nSPS) is 15.3. The number of benzene rings is 2. The van der Waals surface area contributed by atoms with Crippen LogP contribution in [0.4, 0.5) is 11.6 Å². The standard InChI is InChI=1S/C22H27N5O3S/c1-15(2)27-31(28,29)19-7-4-6-17(13-19)25-22-24-14-16-5-3-8-20(21(16)26-22)30-18-9-11-23-12-10-18/h3-8,13-15,18,23,27H,9-12H2,1-2H3,(H,24,25,26). The first kappa shape index (κ1) is 21.5. The van der Waals surface area contributed by atoms with Crippen LogP contribution in [0.25, 0.3) is 10.9 Å². The van der Waals surface area contributed by atoms with Crippen molar-refractivity contribution in [3.05, 3.63) is 48.7 Å². The van der Waals surface area contributed by atoms with Crippen molar-refractivity contribution in [1.29, 1.82) is 0 Å². The van der Waals surface area contributed by atoms with E-state index >= 15 is 0 Å². The molecule has 0 bridgehead atoms. The van der Waals surface area contributed by atoms with Gasteiger partial charge in [-0.3, -0.25) is 0 Å². The van der Waals surface area contributed by atoms with E-state index in [0.29, 0.717) is 11.6 Å². The van der Waals surface area contributed by atoms with Crippen LogP contribution >= 0.6 is 0 Å². The van der Waals surface area contributed by atoms with E-state index in [1.807, 2.05) is 18.2 Å². The van der Waals surface area contributed by atoms with Gasteiger partial charge in [0.15, 0.2) is 0 Å². The minimum atomic E-state index is -3.59. The number of hydrogen-bond acceptors (Lipinski definition) is 7. The summed E-state index contributed by atoms with van der Waals surface area (Å²) in [5.74, 6) is 1.10. The van der Waals surface area contributed by atoms with Gasteiger partial charge in [0.1, 0.15) is 17.4 Å². The van der Waals surface area contributed by atoms with Gasteiger partial charge in [-0.25, -0.2) is 23.1 Å². The molecule has 0 aliphatic carbocycles. The van der Waals surface area contributed by atoms with Crippen molar-refractivity contribution >= 4 is 32.6 Å². The van der Waals surface area contributed by atoms with Crippen LogP contribution in [0.2, 0.25) is 0 Å². The summed E-state index contributed by atoms with van der Waals surface area (Å²) in [6.45, 7) is 5.46. The summed E-state index contributed by atoms with van der Waals surface area (Å²) in [7, 11) is -3.59. The lowest BCUT2D eigenvalue weighted by Crippen LogP contribution is -2.34. The van der Waals surface area contributed by atoms with Crippen LogP contribution in [0.15, 0.2) is 53.6 Å². The Morgan fingerprint density at radius 1 is 1.13 bits per heavy atom. The predicted octanol–water partition coefficient (Wildman–Crippen LogP) is 3.19. The quantitative estimate of drug-likeness (QED) is 0.517. The first-order valence-electron chi connectivity index (χ1n) is 10.4. The number of piperidine rings is 1. The highest BCUT2D eigenvalue weighted by Crippen LogP contribution is 2.27. The lowest BCUT2D eigenvalue weighted by molar-refractivity contribution is 0.164. The number of hydrogen-bond donors (Lipinski definition) is 3. The summed E-state index contributed by atoms with van der Waals surface area (Å²) in [5.41, 5.74) is 1.31. The Bertz CT molecular complexity index is 1160. The van der Waals surface area contributed by atoms with E-state index in [0.717, 1.165) is 42.6 Å².